The maximum absolute atomic E-state index is 14.4. The van der Waals surface area contributed by atoms with E-state index in [2.05, 4.69) is 23.8 Å². The number of nitrogens with zero attached hydrogens (tertiary/aromatic N) is 2. The predicted octanol–water partition coefficient (Wildman–Crippen LogP) is 4.93. The number of carbonyl (C=O) groups is 4. The van der Waals surface area contributed by atoms with Crippen molar-refractivity contribution in [1.29, 1.82) is 0 Å². The lowest BCUT2D eigenvalue weighted by atomic mass is 10.1. The monoisotopic (exact) mass is 694 g/mol. The fraction of sp³-hybridized carbons (Fsp3) is 0.306. The predicted molar refractivity (Wildman–Crippen MR) is 181 cm³/mol. The summed E-state index contributed by atoms with van der Waals surface area (Å²) in [6.07, 6.45) is 2.48. The first-order valence-corrected chi connectivity index (χ1v) is 15.5. The van der Waals surface area contributed by atoms with Crippen LogP contribution in [0, 0.1) is 11.6 Å². The molecule has 266 valence electrons. The van der Waals surface area contributed by atoms with Gasteiger partial charge in [-0.2, -0.15) is 0 Å². The molecule has 1 aromatic heterocycles. The lowest BCUT2D eigenvalue weighted by Gasteiger charge is -2.35. The van der Waals surface area contributed by atoms with Crippen molar-refractivity contribution >= 4 is 23.9 Å². The lowest BCUT2D eigenvalue weighted by Crippen LogP contribution is -2.54. The van der Waals surface area contributed by atoms with Crippen LogP contribution in [0.3, 0.4) is 0 Å². The van der Waals surface area contributed by atoms with E-state index in [9.17, 15) is 32.8 Å². The first kappa shape index (κ1) is 38.7. The molecule has 3 amide bonds. The second-order valence-electron chi connectivity index (χ2n) is 12.0. The molecule has 2 aromatic carbocycles. The third kappa shape index (κ3) is 10.4. The number of aromatic nitrogens is 1. The van der Waals surface area contributed by atoms with Gasteiger partial charge in [-0.1, -0.05) is 48.6 Å². The second kappa shape index (κ2) is 17.0. The van der Waals surface area contributed by atoms with E-state index >= 15 is 0 Å². The third-order valence-corrected chi connectivity index (χ3v) is 6.86. The van der Waals surface area contributed by atoms with Crippen LogP contribution in [0.25, 0.3) is 0 Å². The first-order valence-electron chi connectivity index (χ1n) is 15.5. The van der Waals surface area contributed by atoms with E-state index in [1.54, 1.807) is 58.0 Å². The van der Waals surface area contributed by atoms with E-state index in [1.807, 2.05) is 0 Å². The molecule has 0 saturated heterocycles. The molecule has 0 radical (unpaired) electrons. The molecule has 3 aromatic rings. The molecule has 0 fully saturated rings. The van der Waals surface area contributed by atoms with Gasteiger partial charge in [0.2, 0.25) is 5.43 Å². The van der Waals surface area contributed by atoms with Crippen molar-refractivity contribution in [3.8, 4) is 5.75 Å². The summed E-state index contributed by atoms with van der Waals surface area (Å²) in [6, 6.07) is 9.50. The standard InChI is InChI=1S/C36H40F2N4O8/c1-8-22(3)40-34(46)30-32(49-20-24-13-11-10-12-14-24)31(44)28(33(45)39-18-25-15-16-26(37)17-29(25)38)19-41(30)42(35(47)50-36(5,6)7)27(9-2)21-48-23(4)43/h8-17,19,22,27H,1-2,18,20-21H2,3-7H3,(H,39,45)(H,40,46)/t22-,27-/m0/s1. The van der Waals surface area contributed by atoms with Crippen LogP contribution in [0.2, 0.25) is 0 Å². The highest BCUT2D eigenvalue weighted by molar-refractivity contribution is 5.99. The van der Waals surface area contributed by atoms with Crippen molar-refractivity contribution in [1.82, 2.24) is 15.3 Å². The molecule has 12 nitrogen and oxygen atoms in total. The van der Waals surface area contributed by atoms with Crippen LogP contribution in [0.15, 0.2) is 84.8 Å². The minimum atomic E-state index is -1.23. The number of nitrogens with one attached hydrogen (secondary N) is 2. The van der Waals surface area contributed by atoms with Gasteiger partial charge in [0.15, 0.2) is 11.4 Å². The summed E-state index contributed by atoms with van der Waals surface area (Å²) in [5.74, 6) is -5.06. The van der Waals surface area contributed by atoms with Gasteiger partial charge < -0.3 is 24.8 Å². The number of benzene rings is 2. The molecule has 2 atom stereocenters. The van der Waals surface area contributed by atoms with Gasteiger partial charge in [0.05, 0.1) is 0 Å². The smallest absolute Gasteiger partial charge is 0.430 e. The Morgan fingerprint density at radius 3 is 2.28 bits per heavy atom. The Morgan fingerprint density at radius 2 is 1.70 bits per heavy atom. The van der Waals surface area contributed by atoms with Crippen LogP contribution in [0.5, 0.6) is 5.75 Å². The number of rotatable bonds is 14. The molecule has 50 heavy (non-hydrogen) atoms. The van der Waals surface area contributed by atoms with Gasteiger partial charge in [-0.15, -0.1) is 13.2 Å². The average Bonchev–Trinajstić information content (AvgIpc) is 3.04. The Bertz CT molecular complexity index is 1800. The fourth-order valence-corrected chi connectivity index (χ4v) is 4.38. The summed E-state index contributed by atoms with van der Waals surface area (Å²) in [6.45, 7) is 13.8. The maximum Gasteiger partial charge on any atom is 0.430 e. The molecule has 3 rings (SSSR count). The molecule has 0 unspecified atom stereocenters. The number of hydrogen-bond donors (Lipinski definition) is 2. The summed E-state index contributed by atoms with van der Waals surface area (Å²) >= 11 is 0. The molecule has 0 aliphatic rings. The molecule has 0 bridgehead atoms. The SMILES string of the molecule is C=C[C@H](C)NC(=O)c1c(OCc2ccccc2)c(=O)c(C(=O)NCc2ccc(F)cc2F)cn1N(C(=O)OC(C)(C)C)[C@@H](C=C)COC(C)=O. The Morgan fingerprint density at radius 1 is 1.02 bits per heavy atom. The molecular formula is C36H40F2N4O8. The summed E-state index contributed by atoms with van der Waals surface area (Å²) in [5, 5.41) is 5.91. The van der Waals surface area contributed by atoms with Crippen LogP contribution in [0.1, 0.15) is 66.6 Å². The number of hydrogen-bond acceptors (Lipinski definition) is 8. The van der Waals surface area contributed by atoms with E-state index in [0.29, 0.717) is 11.6 Å². The van der Waals surface area contributed by atoms with Crippen molar-refractivity contribution in [3.05, 3.63) is 124 Å². The summed E-state index contributed by atoms with van der Waals surface area (Å²) in [4.78, 5) is 67.5. The minimum Gasteiger partial charge on any atom is -0.482 e. The number of halogens is 2. The van der Waals surface area contributed by atoms with Crippen LogP contribution in [0.4, 0.5) is 13.6 Å². The zero-order valence-electron chi connectivity index (χ0n) is 28.5. The largest absolute Gasteiger partial charge is 0.482 e. The summed E-state index contributed by atoms with van der Waals surface area (Å²) in [5.41, 5.74) is -2.79. The van der Waals surface area contributed by atoms with E-state index in [-0.39, 0.29) is 12.2 Å². The van der Waals surface area contributed by atoms with Gasteiger partial charge in [-0.3, -0.25) is 19.2 Å². The van der Waals surface area contributed by atoms with Gasteiger partial charge in [0.25, 0.3) is 11.8 Å². The molecule has 0 spiro atoms. The number of ether oxygens (including phenoxy) is 3. The number of carbonyl (C=O) groups excluding carboxylic acids is 4. The number of pyridine rings is 1. The molecular weight excluding hydrogens is 654 g/mol. The van der Waals surface area contributed by atoms with E-state index in [0.717, 1.165) is 34.9 Å². The zero-order chi connectivity index (χ0) is 37.2. The van der Waals surface area contributed by atoms with Gasteiger partial charge in [0.1, 0.15) is 42.1 Å². The minimum absolute atomic E-state index is 0.0847. The topological polar surface area (TPSA) is 145 Å². The molecule has 0 saturated carbocycles. The van der Waals surface area contributed by atoms with E-state index in [4.69, 9.17) is 14.2 Å². The van der Waals surface area contributed by atoms with Gasteiger partial charge in [-0.25, -0.2) is 23.3 Å². The Kier molecular flexibility index (Phi) is 13.2. The average molecular weight is 695 g/mol. The molecule has 14 heteroatoms. The quantitative estimate of drug-likeness (QED) is 0.179. The first-order chi connectivity index (χ1) is 23.6. The zero-order valence-corrected chi connectivity index (χ0v) is 28.5. The molecule has 2 N–H and O–H groups in total. The summed E-state index contributed by atoms with van der Waals surface area (Å²) < 4.78 is 45.6. The van der Waals surface area contributed by atoms with Gasteiger partial charge in [0, 0.05) is 37.3 Å². The molecule has 0 aliphatic heterocycles. The van der Waals surface area contributed by atoms with Gasteiger partial charge >= 0.3 is 12.1 Å². The maximum atomic E-state index is 14.4. The third-order valence-electron chi connectivity index (χ3n) is 6.86. The Balaban J connectivity index is 2.35. The van der Waals surface area contributed by atoms with Crippen LogP contribution < -0.4 is 25.8 Å². The summed E-state index contributed by atoms with van der Waals surface area (Å²) in [7, 11) is 0. The Labute approximate surface area is 288 Å². The second-order valence-corrected chi connectivity index (χ2v) is 12.0. The van der Waals surface area contributed by atoms with Crippen LogP contribution >= 0.6 is 0 Å². The molecule has 0 aliphatic carbocycles. The van der Waals surface area contributed by atoms with Crippen molar-refractivity contribution in [2.75, 3.05) is 11.6 Å². The molecule has 1 heterocycles. The van der Waals surface area contributed by atoms with Crippen molar-refractivity contribution in [3.63, 3.8) is 0 Å². The lowest BCUT2D eigenvalue weighted by molar-refractivity contribution is -0.141. The normalized spacial score (nSPS) is 12.1. The van der Waals surface area contributed by atoms with Crippen LogP contribution in [-0.4, -0.2) is 52.8 Å². The van der Waals surface area contributed by atoms with Crippen molar-refractivity contribution < 1.29 is 42.2 Å². The van der Waals surface area contributed by atoms with Gasteiger partial charge in [-0.05, 0) is 39.3 Å². The highest BCUT2D eigenvalue weighted by atomic mass is 19.1. The highest BCUT2D eigenvalue weighted by Crippen LogP contribution is 2.22. The Hall–Kier alpha value is -5.79. The van der Waals surface area contributed by atoms with Crippen molar-refractivity contribution in [2.24, 2.45) is 0 Å². The number of esters is 1. The highest BCUT2D eigenvalue weighted by Gasteiger charge is 2.35. The van der Waals surface area contributed by atoms with E-state index in [1.165, 1.54) is 12.2 Å². The number of amides is 3. The van der Waals surface area contributed by atoms with Crippen LogP contribution in [-0.2, 0) is 27.4 Å². The van der Waals surface area contributed by atoms with Crippen molar-refractivity contribution in [2.45, 2.75) is 65.5 Å². The fourth-order valence-electron chi connectivity index (χ4n) is 4.38. The van der Waals surface area contributed by atoms with E-state index < -0.39 is 88.8 Å².